The van der Waals surface area contributed by atoms with Crippen LogP contribution in [-0.4, -0.2) is 49.7 Å². The molecule has 2 amide bonds. The molecule has 2 rings (SSSR count). The molecule has 0 saturated carbocycles. The molecule has 31 heavy (non-hydrogen) atoms. The van der Waals surface area contributed by atoms with E-state index < -0.39 is 30.2 Å². The van der Waals surface area contributed by atoms with Crippen LogP contribution in [0.25, 0.3) is 0 Å². The number of benzene rings is 1. The largest absolute Gasteiger partial charge is 0.489 e. The van der Waals surface area contributed by atoms with Gasteiger partial charge in [-0.1, -0.05) is 0 Å². The zero-order valence-electron chi connectivity index (χ0n) is 16.4. The summed E-state index contributed by atoms with van der Waals surface area (Å²) in [4.78, 5) is 38.9. The summed E-state index contributed by atoms with van der Waals surface area (Å²) in [6.07, 6.45) is -4.63. The third kappa shape index (κ3) is 7.53. The van der Waals surface area contributed by atoms with E-state index in [0.29, 0.717) is 6.07 Å². The van der Waals surface area contributed by atoms with Crippen LogP contribution in [0.3, 0.4) is 0 Å². The molecule has 0 saturated heterocycles. The minimum Gasteiger partial charge on any atom is -0.489 e. The van der Waals surface area contributed by atoms with E-state index >= 15 is 0 Å². The number of carbonyl (C=O) groups is 3. The fourth-order valence-electron chi connectivity index (χ4n) is 2.13. The Morgan fingerprint density at radius 3 is 2.55 bits per heavy atom. The first-order chi connectivity index (χ1) is 14.6. The van der Waals surface area contributed by atoms with Crippen LogP contribution in [0.1, 0.15) is 23.0 Å². The van der Waals surface area contributed by atoms with Gasteiger partial charge >= 0.3 is 12.1 Å². The molecule has 1 aromatic carbocycles. The predicted molar refractivity (Wildman–Crippen MR) is 104 cm³/mol. The molecule has 9 nitrogen and oxygen atoms in total. The van der Waals surface area contributed by atoms with Crippen molar-refractivity contribution in [3.05, 3.63) is 34.8 Å². The van der Waals surface area contributed by atoms with Crippen molar-refractivity contribution in [2.75, 3.05) is 37.6 Å². The zero-order valence-corrected chi connectivity index (χ0v) is 17.2. The van der Waals surface area contributed by atoms with Gasteiger partial charge in [-0.25, -0.2) is 9.78 Å². The number of methoxy groups -OCH3 is 1. The number of nitrogens with zero attached hydrogens (tertiary/aromatic N) is 1. The van der Waals surface area contributed by atoms with Crippen LogP contribution in [0, 0.1) is 0 Å². The van der Waals surface area contributed by atoms with Gasteiger partial charge in [0.15, 0.2) is 17.4 Å². The van der Waals surface area contributed by atoms with Crippen LogP contribution in [0.15, 0.2) is 23.6 Å². The molecule has 1 heterocycles. The van der Waals surface area contributed by atoms with Crippen LogP contribution in [0.2, 0.25) is 0 Å². The van der Waals surface area contributed by atoms with Crippen molar-refractivity contribution in [2.45, 2.75) is 13.1 Å². The number of thiazole rings is 1. The van der Waals surface area contributed by atoms with Gasteiger partial charge in [0.25, 0.3) is 5.91 Å². The average Bonchev–Trinajstić information content (AvgIpc) is 3.14. The first kappa shape index (κ1) is 24.1. The topological polar surface area (TPSA) is 116 Å². The predicted octanol–water partition coefficient (Wildman–Crippen LogP) is 2.94. The number of hydrogen-bond donors (Lipinski definition) is 2. The minimum atomic E-state index is -4.63. The normalized spacial score (nSPS) is 11.0. The fraction of sp³-hybridized carbons (Fsp3) is 0.333. The summed E-state index contributed by atoms with van der Waals surface area (Å²) < 4.78 is 53.9. The SMILES string of the molecule is COCCOc1ccc(C(F)(F)F)cc1NC(=O)COC(=O)c1csc(NC(C)=O)n1. The van der Waals surface area contributed by atoms with Gasteiger partial charge in [-0.05, 0) is 18.2 Å². The zero-order chi connectivity index (χ0) is 23.0. The fourth-order valence-corrected chi connectivity index (χ4v) is 2.86. The van der Waals surface area contributed by atoms with Crippen molar-refractivity contribution < 1.29 is 41.8 Å². The summed E-state index contributed by atoms with van der Waals surface area (Å²) in [7, 11) is 1.43. The second-order valence-corrected chi connectivity index (χ2v) is 6.75. The second-order valence-electron chi connectivity index (χ2n) is 5.89. The van der Waals surface area contributed by atoms with E-state index in [1.807, 2.05) is 0 Å². The standard InChI is InChI=1S/C18H18F3N3O6S/c1-10(25)22-17-24-13(9-31-17)16(27)30-8-15(26)23-12-7-11(18(19,20)21)3-4-14(12)29-6-5-28-2/h3-4,7,9H,5-6,8H2,1-2H3,(H,23,26)(H,22,24,25). The van der Waals surface area contributed by atoms with Gasteiger partial charge in [-0.2, -0.15) is 13.2 Å². The molecule has 0 aliphatic rings. The van der Waals surface area contributed by atoms with Crippen molar-refractivity contribution in [3.63, 3.8) is 0 Å². The Kier molecular flexibility index (Phi) is 8.33. The first-order valence-corrected chi connectivity index (χ1v) is 9.51. The number of aromatic nitrogens is 1. The molecule has 0 radical (unpaired) electrons. The van der Waals surface area contributed by atoms with Crippen molar-refractivity contribution in [1.29, 1.82) is 0 Å². The molecule has 0 fully saturated rings. The summed E-state index contributed by atoms with van der Waals surface area (Å²) in [5.74, 6) is -2.22. The Morgan fingerprint density at radius 1 is 1.16 bits per heavy atom. The Bertz CT molecular complexity index is 948. The van der Waals surface area contributed by atoms with E-state index in [0.717, 1.165) is 23.5 Å². The molecule has 0 spiro atoms. The Morgan fingerprint density at radius 2 is 1.90 bits per heavy atom. The molecule has 2 aromatic rings. The molecule has 0 aliphatic carbocycles. The monoisotopic (exact) mass is 461 g/mol. The number of ether oxygens (including phenoxy) is 3. The van der Waals surface area contributed by atoms with Gasteiger partial charge in [0, 0.05) is 19.4 Å². The summed E-state index contributed by atoms with van der Waals surface area (Å²) in [6.45, 7) is 0.713. The summed E-state index contributed by atoms with van der Waals surface area (Å²) >= 11 is 0.981. The van der Waals surface area contributed by atoms with Crippen LogP contribution in [0.4, 0.5) is 24.0 Å². The number of halogens is 3. The molecular formula is C18H18F3N3O6S. The third-order valence-corrected chi connectivity index (χ3v) is 4.21. The molecule has 0 atom stereocenters. The Hall–Kier alpha value is -3.19. The van der Waals surface area contributed by atoms with E-state index in [1.54, 1.807) is 0 Å². The van der Waals surface area contributed by atoms with Crippen molar-refractivity contribution in [2.24, 2.45) is 0 Å². The highest BCUT2D eigenvalue weighted by atomic mass is 32.1. The lowest BCUT2D eigenvalue weighted by molar-refractivity contribution is -0.137. The van der Waals surface area contributed by atoms with Crippen LogP contribution >= 0.6 is 11.3 Å². The molecule has 0 unspecified atom stereocenters. The highest BCUT2D eigenvalue weighted by Gasteiger charge is 2.31. The number of carbonyl (C=O) groups excluding carboxylic acids is 3. The van der Waals surface area contributed by atoms with E-state index in [9.17, 15) is 27.6 Å². The van der Waals surface area contributed by atoms with Gasteiger partial charge in [0.1, 0.15) is 12.4 Å². The lowest BCUT2D eigenvalue weighted by Gasteiger charge is -2.15. The van der Waals surface area contributed by atoms with Gasteiger partial charge in [0.05, 0.1) is 17.9 Å². The van der Waals surface area contributed by atoms with Gasteiger partial charge < -0.3 is 24.8 Å². The van der Waals surface area contributed by atoms with Gasteiger partial charge in [-0.3, -0.25) is 9.59 Å². The van der Waals surface area contributed by atoms with Gasteiger partial charge in [-0.15, -0.1) is 11.3 Å². The maximum atomic E-state index is 13.0. The maximum Gasteiger partial charge on any atom is 0.416 e. The van der Waals surface area contributed by atoms with Crippen LogP contribution in [0.5, 0.6) is 5.75 Å². The minimum absolute atomic E-state index is 0.0100. The summed E-state index contributed by atoms with van der Waals surface area (Å²) in [5, 5.41) is 6.11. The quantitative estimate of drug-likeness (QED) is 0.436. The van der Waals surface area contributed by atoms with E-state index in [2.05, 4.69) is 15.6 Å². The Labute approximate surface area is 178 Å². The summed E-state index contributed by atoms with van der Waals surface area (Å²) in [5.41, 5.74) is -1.37. The smallest absolute Gasteiger partial charge is 0.416 e. The van der Waals surface area contributed by atoms with Crippen molar-refractivity contribution in [3.8, 4) is 5.75 Å². The molecule has 13 heteroatoms. The van der Waals surface area contributed by atoms with Crippen molar-refractivity contribution in [1.82, 2.24) is 4.98 Å². The van der Waals surface area contributed by atoms with Crippen molar-refractivity contribution >= 4 is 39.9 Å². The number of esters is 1. The van der Waals surface area contributed by atoms with E-state index in [1.165, 1.54) is 19.4 Å². The number of alkyl halides is 3. The van der Waals surface area contributed by atoms with Crippen LogP contribution in [-0.2, 0) is 25.2 Å². The highest BCUT2D eigenvalue weighted by Crippen LogP contribution is 2.35. The number of rotatable bonds is 9. The molecule has 0 aliphatic heterocycles. The third-order valence-electron chi connectivity index (χ3n) is 3.46. The number of nitrogens with one attached hydrogen (secondary N) is 2. The second kappa shape index (κ2) is 10.7. The molecule has 2 N–H and O–H groups in total. The molecule has 0 bridgehead atoms. The van der Waals surface area contributed by atoms with Crippen LogP contribution < -0.4 is 15.4 Å². The Balaban J connectivity index is 2.03. The average molecular weight is 461 g/mol. The van der Waals surface area contributed by atoms with Gasteiger partial charge in [0.2, 0.25) is 5.91 Å². The number of anilines is 2. The maximum absolute atomic E-state index is 13.0. The molecule has 1 aromatic heterocycles. The number of hydrogen-bond acceptors (Lipinski definition) is 8. The lowest BCUT2D eigenvalue weighted by Crippen LogP contribution is -2.22. The lowest BCUT2D eigenvalue weighted by atomic mass is 10.1. The first-order valence-electron chi connectivity index (χ1n) is 8.63. The number of amides is 2. The molecular weight excluding hydrogens is 443 g/mol. The van der Waals surface area contributed by atoms with E-state index in [-0.39, 0.29) is 41.4 Å². The molecule has 168 valence electrons. The highest BCUT2D eigenvalue weighted by molar-refractivity contribution is 7.14. The summed E-state index contributed by atoms with van der Waals surface area (Å²) in [6, 6.07) is 2.59. The van der Waals surface area contributed by atoms with E-state index in [4.69, 9.17) is 14.2 Å².